The largest absolute Gasteiger partial charge is 0.487 e. The maximum Gasteiger partial charge on any atom is 0.220 e. The van der Waals surface area contributed by atoms with Crippen LogP contribution in [0.4, 0.5) is 0 Å². The third-order valence-electron chi connectivity index (χ3n) is 5.54. The van der Waals surface area contributed by atoms with Gasteiger partial charge in [-0.05, 0) is 62.7 Å². The highest BCUT2D eigenvalue weighted by molar-refractivity contribution is 5.77. The number of hydrogen-bond donors (Lipinski definition) is 2. The van der Waals surface area contributed by atoms with Gasteiger partial charge in [0, 0.05) is 18.9 Å². The predicted molar refractivity (Wildman–Crippen MR) is 89.6 cm³/mol. The lowest BCUT2D eigenvalue weighted by molar-refractivity contribution is -0.122. The fraction of sp³-hybridized carbons (Fsp3) is 0.632. The van der Waals surface area contributed by atoms with Crippen LogP contribution in [0.2, 0.25) is 0 Å². The number of hydrogen-bond acceptors (Lipinski definition) is 3. The van der Waals surface area contributed by atoms with E-state index in [4.69, 9.17) is 4.74 Å². The third-order valence-corrected chi connectivity index (χ3v) is 5.54. The molecule has 2 fully saturated rings. The fourth-order valence-corrected chi connectivity index (χ4v) is 3.99. The van der Waals surface area contributed by atoms with Gasteiger partial charge >= 0.3 is 0 Å². The van der Waals surface area contributed by atoms with Gasteiger partial charge in [0.05, 0.1) is 0 Å². The molecule has 1 aliphatic carbocycles. The van der Waals surface area contributed by atoms with Crippen LogP contribution in [-0.4, -0.2) is 31.1 Å². The lowest BCUT2D eigenvalue weighted by Crippen LogP contribution is -2.49. The van der Waals surface area contributed by atoms with Gasteiger partial charge < -0.3 is 15.4 Å². The minimum atomic E-state index is -0.0823. The fourth-order valence-electron chi connectivity index (χ4n) is 3.99. The summed E-state index contributed by atoms with van der Waals surface area (Å²) in [5.74, 6) is 2.19. The van der Waals surface area contributed by atoms with E-state index in [1.807, 2.05) is 6.07 Å². The highest BCUT2D eigenvalue weighted by Crippen LogP contribution is 2.45. The Bertz CT molecular complexity index is 576. The van der Waals surface area contributed by atoms with E-state index in [0.29, 0.717) is 6.42 Å². The van der Waals surface area contributed by atoms with Crippen LogP contribution in [0, 0.1) is 5.92 Å². The third kappa shape index (κ3) is 3.37. The zero-order valence-corrected chi connectivity index (χ0v) is 13.6. The number of benzene rings is 1. The van der Waals surface area contributed by atoms with Gasteiger partial charge in [-0.25, -0.2) is 0 Å². The second-order valence-corrected chi connectivity index (χ2v) is 7.43. The van der Waals surface area contributed by atoms with Crippen molar-refractivity contribution in [2.45, 2.75) is 50.0 Å². The monoisotopic (exact) mass is 314 g/mol. The van der Waals surface area contributed by atoms with E-state index >= 15 is 0 Å². The molecule has 0 aromatic heterocycles. The molecule has 1 atom stereocenters. The Morgan fingerprint density at radius 2 is 2.04 bits per heavy atom. The molecule has 23 heavy (non-hydrogen) atoms. The summed E-state index contributed by atoms with van der Waals surface area (Å²) < 4.78 is 6.41. The van der Waals surface area contributed by atoms with Crippen molar-refractivity contribution in [1.82, 2.24) is 10.6 Å². The summed E-state index contributed by atoms with van der Waals surface area (Å²) in [5.41, 5.74) is 1.12. The molecule has 1 amide bonds. The molecular weight excluding hydrogens is 288 g/mol. The van der Waals surface area contributed by atoms with Crippen LogP contribution >= 0.6 is 0 Å². The van der Waals surface area contributed by atoms with Crippen LogP contribution in [-0.2, 0) is 4.79 Å². The summed E-state index contributed by atoms with van der Waals surface area (Å²) in [6.07, 6.45) is 6.15. The van der Waals surface area contributed by atoms with E-state index in [9.17, 15) is 4.79 Å². The summed E-state index contributed by atoms with van der Waals surface area (Å²) >= 11 is 0. The molecule has 4 nitrogen and oxygen atoms in total. The number of rotatable bonds is 4. The number of para-hydroxylation sites is 1. The van der Waals surface area contributed by atoms with Crippen molar-refractivity contribution in [1.29, 1.82) is 0 Å². The number of piperidine rings is 1. The first-order valence-corrected chi connectivity index (χ1v) is 8.99. The molecule has 0 radical (unpaired) electrons. The molecule has 2 heterocycles. The van der Waals surface area contributed by atoms with Crippen molar-refractivity contribution >= 4 is 5.91 Å². The van der Waals surface area contributed by atoms with Gasteiger partial charge in [-0.3, -0.25) is 4.79 Å². The SMILES string of the molecule is O=C(C[C@@H]1CC2(CCNCC2)Oc2ccccc21)NCC1CC1. The predicted octanol–water partition coefficient (Wildman–Crippen LogP) is 2.59. The molecule has 1 saturated carbocycles. The average molecular weight is 314 g/mol. The summed E-state index contributed by atoms with van der Waals surface area (Å²) in [6.45, 7) is 2.87. The Morgan fingerprint density at radius 3 is 2.83 bits per heavy atom. The van der Waals surface area contributed by atoms with Crippen LogP contribution < -0.4 is 15.4 Å². The number of carbonyl (C=O) groups is 1. The van der Waals surface area contributed by atoms with E-state index in [0.717, 1.165) is 50.6 Å². The van der Waals surface area contributed by atoms with Crippen molar-refractivity contribution in [2.75, 3.05) is 19.6 Å². The lowest BCUT2D eigenvalue weighted by Gasteiger charge is -2.44. The van der Waals surface area contributed by atoms with Crippen molar-refractivity contribution in [3.63, 3.8) is 0 Å². The number of fused-ring (bicyclic) bond motifs is 1. The van der Waals surface area contributed by atoms with Gasteiger partial charge in [0.1, 0.15) is 11.4 Å². The summed E-state index contributed by atoms with van der Waals surface area (Å²) in [7, 11) is 0. The van der Waals surface area contributed by atoms with Crippen LogP contribution in [0.5, 0.6) is 5.75 Å². The van der Waals surface area contributed by atoms with E-state index in [1.54, 1.807) is 0 Å². The van der Waals surface area contributed by atoms with E-state index in [2.05, 4.69) is 28.8 Å². The minimum absolute atomic E-state index is 0.0823. The molecule has 2 N–H and O–H groups in total. The van der Waals surface area contributed by atoms with Gasteiger partial charge in [-0.15, -0.1) is 0 Å². The molecule has 2 aliphatic heterocycles. The van der Waals surface area contributed by atoms with E-state index in [-0.39, 0.29) is 17.4 Å². The molecule has 4 rings (SSSR count). The molecule has 0 unspecified atom stereocenters. The first kappa shape index (κ1) is 15.0. The van der Waals surface area contributed by atoms with Crippen LogP contribution in [0.15, 0.2) is 24.3 Å². The van der Waals surface area contributed by atoms with Gasteiger partial charge in [0.25, 0.3) is 0 Å². The van der Waals surface area contributed by atoms with Crippen molar-refractivity contribution in [2.24, 2.45) is 5.92 Å². The topological polar surface area (TPSA) is 50.4 Å². The highest BCUT2D eigenvalue weighted by Gasteiger charge is 2.42. The Morgan fingerprint density at radius 1 is 1.26 bits per heavy atom. The molecular formula is C19H26N2O2. The molecule has 0 bridgehead atoms. The van der Waals surface area contributed by atoms with E-state index < -0.39 is 0 Å². The normalized spacial score (nSPS) is 25.5. The van der Waals surface area contributed by atoms with Gasteiger partial charge in [0.15, 0.2) is 0 Å². The average Bonchev–Trinajstić information content (AvgIpc) is 3.38. The first-order chi connectivity index (χ1) is 11.2. The Balaban J connectivity index is 1.50. The summed E-state index contributed by atoms with van der Waals surface area (Å²) in [4.78, 5) is 12.4. The first-order valence-electron chi connectivity index (χ1n) is 8.99. The molecule has 1 aromatic carbocycles. The summed E-state index contributed by atoms with van der Waals surface area (Å²) in [5, 5.41) is 6.54. The van der Waals surface area contributed by atoms with Crippen LogP contribution in [0.3, 0.4) is 0 Å². The van der Waals surface area contributed by atoms with Crippen LogP contribution in [0.25, 0.3) is 0 Å². The zero-order chi connectivity index (χ0) is 15.7. The van der Waals surface area contributed by atoms with E-state index in [1.165, 1.54) is 18.4 Å². The molecule has 3 aliphatic rings. The van der Waals surface area contributed by atoms with Gasteiger partial charge in [-0.2, -0.15) is 0 Å². The smallest absolute Gasteiger partial charge is 0.220 e. The molecule has 1 aromatic rings. The minimum Gasteiger partial charge on any atom is -0.487 e. The quantitative estimate of drug-likeness (QED) is 0.898. The number of ether oxygens (including phenoxy) is 1. The second kappa shape index (κ2) is 6.16. The van der Waals surface area contributed by atoms with Gasteiger partial charge in [-0.1, -0.05) is 18.2 Å². The maximum absolute atomic E-state index is 12.4. The Labute approximate surface area is 138 Å². The second-order valence-electron chi connectivity index (χ2n) is 7.43. The number of amides is 1. The number of carbonyl (C=O) groups excluding carboxylic acids is 1. The summed E-state index contributed by atoms with van der Waals surface area (Å²) in [6, 6.07) is 8.27. The standard InChI is InChI=1S/C19H26N2O2/c22-18(21-13-14-5-6-14)11-15-12-19(7-9-20-10-8-19)23-17-4-2-1-3-16(15)17/h1-4,14-15,20H,5-13H2,(H,21,22)/t15-/m1/s1. The lowest BCUT2D eigenvalue weighted by atomic mass is 9.76. The maximum atomic E-state index is 12.4. The molecule has 4 heteroatoms. The number of nitrogens with one attached hydrogen (secondary N) is 2. The highest BCUT2D eigenvalue weighted by atomic mass is 16.5. The molecule has 1 spiro atoms. The van der Waals surface area contributed by atoms with Crippen molar-refractivity contribution < 1.29 is 9.53 Å². The Kier molecular flexibility index (Phi) is 4.02. The van der Waals surface area contributed by atoms with Crippen molar-refractivity contribution in [3.8, 4) is 5.75 Å². The van der Waals surface area contributed by atoms with Crippen LogP contribution in [0.1, 0.15) is 50.0 Å². The zero-order valence-electron chi connectivity index (χ0n) is 13.6. The van der Waals surface area contributed by atoms with Gasteiger partial charge in [0.2, 0.25) is 5.91 Å². The molecule has 1 saturated heterocycles. The van der Waals surface area contributed by atoms with Crippen molar-refractivity contribution in [3.05, 3.63) is 29.8 Å². The Hall–Kier alpha value is -1.55. The molecule has 124 valence electrons.